The van der Waals surface area contributed by atoms with Gasteiger partial charge in [0.2, 0.25) is 12.6 Å². The maximum atomic E-state index is 13.8. The van der Waals surface area contributed by atoms with Gasteiger partial charge in [-0.2, -0.15) is 0 Å². The molecule has 10 N–H and O–H groups in total. The van der Waals surface area contributed by atoms with E-state index in [-0.39, 0.29) is 72.2 Å². The summed E-state index contributed by atoms with van der Waals surface area (Å²) < 4.78 is 56.9. The second-order valence-electron chi connectivity index (χ2n) is 19.0. The number of aliphatic hydroxyl groups is 9. The Bertz CT molecular complexity index is 2680. The molecule has 4 aliphatic heterocycles. The minimum atomic E-state index is -1.80. The molecule has 0 aromatic heterocycles. The summed E-state index contributed by atoms with van der Waals surface area (Å²) in [4.78, 5) is 54.7. The van der Waals surface area contributed by atoms with Crippen molar-refractivity contribution in [1.29, 1.82) is 0 Å². The van der Waals surface area contributed by atoms with Gasteiger partial charge in [-0.3, -0.25) is 9.59 Å². The molecule has 434 valence electrons. The summed E-state index contributed by atoms with van der Waals surface area (Å²) >= 11 is 0. The topological polar surface area (TPSA) is 363 Å². The summed E-state index contributed by atoms with van der Waals surface area (Å²) in [5.41, 5.74) is 2.39. The molecule has 2 fully saturated rings. The molecule has 0 saturated carbocycles. The van der Waals surface area contributed by atoms with Crippen LogP contribution in [-0.2, 0) is 76.3 Å². The molecule has 4 aliphatic rings. The van der Waals surface area contributed by atoms with E-state index < -0.39 is 136 Å². The predicted octanol–water partition coefficient (Wildman–Crippen LogP) is 0.328. The van der Waals surface area contributed by atoms with Crippen molar-refractivity contribution in [2.24, 2.45) is 11.8 Å². The van der Waals surface area contributed by atoms with Crippen LogP contribution in [0.2, 0.25) is 0 Å². The molecule has 3 aromatic rings. The van der Waals surface area contributed by atoms with E-state index in [2.05, 4.69) is 0 Å². The molecule has 24 nitrogen and oxygen atoms in total. The first-order chi connectivity index (χ1) is 38.5. The van der Waals surface area contributed by atoms with Gasteiger partial charge in [0.05, 0.1) is 62.9 Å². The molecule has 0 aliphatic carbocycles. The number of carbonyl (C=O) groups is 4. The number of esters is 4. The monoisotopic (exact) mass is 1120 g/mol. The van der Waals surface area contributed by atoms with Crippen LogP contribution in [0.4, 0.5) is 0 Å². The molecule has 80 heavy (non-hydrogen) atoms. The number of carbonyl (C=O) groups excluding carboxylic acids is 4. The lowest BCUT2D eigenvalue weighted by Gasteiger charge is -2.42. The second kappa shape index (κ2) is 28.7. The van der Waals surface area contributed by atoms with E-state index in [0.29, 0.717) is 12.0 Å². The zero-order valence-corrected chi connectivity index (χ0v) is 43.6. The molecule has 2 saturated heterocycles. The standard InChI is InChI=1S/C56H66O24/c1-3-35-37(23-43(61)75-33-13-7-29(8-14-33)17-20-57)40(28-74-53(35)79-55-49(67)47(65)45(63)41(25-58)77-55)52(70)72-22-19-31-9-15-34(16-10-31)76-44(62)24-38-36(4-2)54(80-56-50(68)48(66)46(64)42(26-59)78-56)73-27-39(38)51(69)71-21-18-30-5-11-32(60)12-6-30/h3-16,27-28,37-38,41-42,45-50,53-60,63-68H,17-26H2,1-2H3. The minimum Gasteiger partial charge on any atom is -0.508 e. The lowest BCUT2D eigenvalue weighted by molar-refractivity contribution is -0.327. The first-order valence-electron chi connectivity index (χ1n) is 25.7. The average molecular weight is 1120 g/mol. The summed E-state index contributed by atoms with van der Waals surface area (Å²) in [7, 11) is 0. The quantitative estimate of drug-likeness (QED) is 0.0368. The number of hydrogen-bond acceptors (Lipinski definition) is 24. The van der Waals surface area contributed by atoms with Gasteiger partial charge in [0.1, 0.15) is 66.1 Å². The van der Waals surface area contributed by atoms with Crippen molar-refractivity contribution < 1.29 is 118 Å². The second-order valence-corrected chi connectivity index (χ2v) is 19.0. The van der Waals surface area contributed by atoms with Crippen LogP contribution in [0.15, 0.2) is 120 Å². The highest BCUT2D eigenvalue weighted by Gasteiger charge is 2.49. The summed E-state index contributed by atoms with van der Waals surface area (Å²) in [6.07, 6.45) is -14.2. The van der Waals surface area contributed by atoms with Crippen LogP contribution >= 0.6 is 0 Å². The Labute approximate surface area is 458 Å². The van der Waals surface area contributed by atoms with E-state index in [1.165, 1.54) is 36.4 Å². The average Bonchev–Trinajstić information content (AvgIpc) is 3.47. The first kappa shape index (κ1) is 61.0. The summed E-state index contributed by atoms with van der Waals surface area (Å²) in [6, 6.07) is 18.9. The van der Waals surface area contributed by atoms with Gasteiger partial charge < -0.3 is 98.4 Å². The van der Waals surface area contributed by atoms with Gasteiger partial charge in [-0.05, 0) is 73.4 Å². The molecule has 0 bridgehead atoms. The highest BCUT2D eigenvalue weighted by molar-refractivity contribution is 5.92. The number of rotatable bonds is 22. The van der Waals surface area contributed by atoms with Gasteiger partial charge in [-0.1, -0.05) is 48.6 Å². The fourth-order valence-corrected chi connectivity index (χ4v) is 9.22. The van der Waals surface area contributed by atoms with Crippen LogP contribution in [0.1, 0.15) is 43.4 Å². The van der Waals surface area contributed by atoms with Crippen molar-refractivity contribution in [3.05, 3.63) is 136 Å². The van der Waals surface area contributed by atoms with E-state index >= 15 is 0 Å². The molecule has 14 unspecified atom stereocenters. The molecule has 24 heteroatoms. The highest BCUT2D eigenvalue weighted by Crippen LogP contribution is 2.39. The largest absolute Gasteiger partial charge is 0.508 e. The Kier molecular flexibility index (Phi) is 21.9. The van der Waals surface area contributed by atoms with Crippen LogP contribution < -0.4 is 9.47 Å². The molecule has 0 spiro atoms. The summed E-state index contributed by atoms with van der Waals surface area (Å²) in [6.45, 7) is 1.35. The fourth-order valence-electron chi connectivity index (χ4n) is 9.22. The molecular formula is C56H66O24. The van der Waals surface area contributed by atoms with Gasteiger partial charge >= 0.3 is 23.9 Å². The third-order valence-corrected chi connectivity index (χ3v) is 13.7. The van der Waals surface area contributed by atoms with Crippen molar-refractivity contribution in [2.45, 2.75) is 120 Å². The van der Waals surface area contributed by atoms with Gasteiger partial charge in [-0.15, -0.1) is 0 Å². The zero-order valence-electron chi connectivity index (χ0n) is 43.6. The Morgan fingerprint density at radius 3 is 1.25 bits per heavy atom. The lowest BCUT2D eigenvalue weighted by Crippen LogP contribution is -2.60. The molecule has 7 rings (SSSR count). The molecule has 0 radical (unpaired) electrons. The molecule has 3 aromatic carbocycles. The molecular weight excluding hydrogens is 1060 g/mol. The van der Waals surface area contributed by atoms with Crippen molar-refractivity contribution in [2.75, 3.05) is 33.0 Å². The number of hydrogen-bond donors (Lipinski definition) is 10. The van der Waals surface area contributed by atoms with Crippen LogP contribution in [0.5, 0.6) is 17.2 Å². The van der Waals surface area contributed by atoms with E-state index in [9.17, 15) is 70.2 Å². The third kappa shape index (κ3) is 15.2. The smallest absolute Gasteiger partial charge is 0.337 e. The molecule has 4 heterocycles. The Morgan fingerprint density at radius 1 is 0.512 bits per heavy atom. The minimum absolute atomic E-state index is 0.0611. The predicted molar refractivity (Wildman–Crippen MR) is 272 cm³/mol. The highest BCUT2D eigenvalue weighted by atomic mass is 16.8. The van der Waals surface area contributed by atoms with E-state index in [0.717, 1.165) is 23.7 Å². The van der Waals surface area contributed by atoms with E-state index in [1.54, 1.807) is 62.4 Å². The van der Waals surface area contributed by atoms with Gasteiger partial charge in [0.15, 0.2) is 12.6 Å². The number of benzene rings is 3. The third-order valence-electron chi connectivity index (χ3n) is 13.7. The van der Waals surface area contributed by atoms with Crippen molar-refractivity contribution in [1.82, 2.24) is 0 Å². The zero-order chi connectivity index (χ0) is 57.6. The van der Waals surface area contributed by atoms with Gasteiger partial charge in [0.25, 0.3) is 0 Å². The lowest BCUT2D eigenvalue weighted by atomic mass is 9.86. The maximum Gasteiger partial charge on any atom is 0.337 e. The SMILES string of the molecule is CC=C1C(OC2OC(CO)C(O)C(O)C2O)OC=C(C(=O)OCCc2ccc(OC(=O)CC3C(C(=O)OCCc4ccc(O)cc4)=COC(OC4OC(CO)C(O)C(O)C4O)C3=CC)cc2)C1CC(=O)Oc1ccc(CCO)cc1. The van der Waals surface area contributed by atoms with Gasteiger partial charge in [-0.25, -0.2) is 9.59 Å². The number of phenols is 1. The van der Waals surface area contributed by atoms with Gasteiger partial charge in [0, 0.05) is 42.4 Å². The van der Waals surface area contributed by atoms with E-state index in [1.807, 2.05) is 0 Å². The van der Waals surface area contributed by atoms with Crippen molar-refractivity contribution in [3.63, 3.8) is 0 Å². The number of phenolic OH excluding ortho intramolecular Hbond substituents is 1. The van der Waals surface area contributed by atoms with E-state index in [4.69, 9.17) is 47.4 Å². The number of aromatic hydroxyl groups is 1. The number of ether oxygens (including phenoxy) is 10. The number of aliphatic hydroxyl groups excluding tert-OH is 9. The summed E-state index contributed by atoms with van der Waals surface area (Å²) in [5, 5.41) is 101. The Balaban J connectivity index is 0.998. The maximum absolute atomic E-state index is 13.8. The van der Waals surface area contributed by atoms with Crippen molar-refractivity contribution >= 4 is 23.9 Å². The summed E-state index contributed by atoms with van der Waals surface area (Å²) in [5.74, 6) is -5.14. The van der Waals surface area contributed by atoms with Crippen molar-refractivity contribution in [3.8, 4) is 17.2 Å². The normalized spacial score (nSPS) is 29.6. The molecule has 14 atom stereocenters. The molecule has 0 amide bonds. The Morgan fingerprint density at radius 2 is 0.887 bits per heavy atom. The Hall–Kier alpha value is -6.62. The van der Waals surface area contributed by atoms with Crippen LogP contribution in [0, 0.1) is 11.8 Å². The van der Waals surface area contributed by atoms with Crippen LogP contribution in [0.25, 0.3) is 0 Å². The first-order valence-corrected chi connectivity index (χ1v) is 25.7. The fraction of sp³-hybridized carbons (Fsp3) is 0.464. The van der Waals surface area contributed by atoms with Crippen LogP contribution in [-0.4, -0.2) is 182 Å². The van der Waals surface area contributed by atoms with Crippen LogP contribution in [0.3, 0.4) is 0 Å². The number of allylic oxidation sites excluding steroid dienone is 2.